The molecular weight excluding hydrogens is 212 g/mol. The van der Waals surface area contributed by atoms with Crippen molar-refractivity contribution in [3.63, 3.8) is 0 Å². The number of aromatic nitrogens is 1. The molecular formula is C14H16N2O. The number of rotatable bonds is 3. The summed E-state index contributed by atoms with van der Waals surface area (Å²) in [5.74, 6) is 0. The Balaban J connectivity index is 1.79. The van der Waals surface area contributed by atoms with E-state index in [4.69, 9.17) is 4.74 Å². The number of anilines is 1. The van der Waals surface area contributed by atoms with Crippen molar-refractivity contribution >= 4 is 16.6 Å². The van der Waals surface area contributed by atoms with Crippen molar-refractivity contribution in [2.24, 2.45) is 0 Å². The Morgan fingerprint density at radius 2 is 2.29 bits per heavy atom. The number of hydrogen-bond acceptors (Lipinski definition) is 3. The van der Waals surface area contributed by atoms with Gasteiger partial charge < -0.3 is 10.1 Å². The van der Waals surface area contributed by atoms with Gasteiger partial charge in [0, 0.05) is 30.4 Å². The van der Waals surface area contributed by atoms with E-state index in [2.05, 4.69) is 22.4 Å². The SMILES string of the molecule is c1cc(NCC2CCCO2)c2cccnc2c1. The summed E-state index contributed by atoms with van der Waals surface area (Å²) in [5, 5.41) is 4.64. The van der Waals surface area contributed by atoms with Crippen LogP contribution in [0.2, 0.25) is 0 Å². The molecule has 17 heavy (non-hydrogen) atoms. The van der Waals surface area contributed by atoms with Gasteiger partial charge in [0.2, 0.25) is 0 Å². The fraction of sp³-hybridized carbons (Fsp3) is 0.357. The van der Waals surface area contributed by atoms with Crippen LogP contribution < -0.4 is 5.32 Å². The van der Waals surface area contributed by atoms with Crippen LogP contribution in [0.3, 0.4) is 0 Å². The molecule has 1 aliphatic rings. The van der Waals surface area contributed by atoms with Gasteiger partial charge in [-0.25, -0.2) is 0 Å². The second-order valence-electron chi connectivity index (χ2n) is 4.39. The first-order chi connectivity index (χ1) is 8.43. The minimum absolute atomic E-state index is 0.363. The molecule has 0 aliphatic carbocycles. The second-order valence-corrected chi connectivity index (χ2v) is 4.39. The molecule has 0 radical (unpaired) electrons. The van der Waals surface area contributed by atoms with Crippen LogP contribution in [0, 0.1) is 0 Å². The van der Waals surface area contributed by atoms with Gasteiger partial charge in [-0.15, -0.1) is 0 Å². The van der Waals surface area contributed by atoms with Crippen LogP contribution in [0.4, 0.5) is 5.69 Å². The maximum absolute atomic E-state index is 5.61. The minimum atomic E-state index is 0.363. The lowest BCUT2D eigenvalue weighted by Gasteiger charge is -2.13. The highest BCUT2D eigenvalue weighted by Crippen LogP contribution is 2.22. The molecule has 1 fully saturated rings. The van der Waals surface area contributed by atoms with Crippen LogP contribution in [-0.4, -0.2) is 24.2 Å². The van der Waals surface area contributed by atoms with Gasteiger partial charge in [0.15, 0.2) is 0 Å². The number of fused-ring (bicyclic) bond motifs is 1. The van der Waals surface area contributed by atoms with E-state index in [1.165, 1.54) is 11.8 Å². The first kappa shape index (κ1) is 10.5. The number of nitrogens with zero attached hydrogens (tertiary/aromatic N) is 1. The first-order valence-corrected chi connectivity index (χ1v) is 6.13. The Labute approximate surface area is 101 Å². The summed E-state index contributed by atoms with van der Waals surface area (Å²) in [6.45, 7) is 1.79. The summed E-state index contributed by atoms with van der Waals surface area (Å²) in [7, 11) is 0. The topological polar surface area (TPSA) is 34.1 Å². The summed E-state index contributed by atoms with van der Waals surface area (Å²) in [4.78, 5) is 4.35. The van der Waals surface area contributed by atoms with Gasteiger partial charge in [0.25, 0.3) is 0 Å². The predicted molar refractivity (Wildman–Crippen MR) is 69.2 cm³/mol. The Kier molecular flexibility index (Phi) is 2.92. The van der Waals surface area contributed by atoms with Crippen LogP contribution in [-0.2, 0) is 4.74 Å². The van der Waals surface area contributed by atoms with Crippen molar-refractivity contribution in [1.82, 2.24) is 4.98 Å². The predicted octanol–water partition coefficient (Wildman–Crippen LogP) is 2.83. The molecule has 3 nitrogen and oxygen atoms in total. The zero-order valence-electron chi connectivity index (χ0n) is 9.73. The smallest absolute Gasteiger partial charge is 0.0748 e. The molecule has 0 saturated carbocycles. The van der Waals surface area contributed by atoms with Gasteiger partial charge >= 0.3 is 0 Å². The monoisotopic (exact) mass is 228 g/mol. The van der Waals surface area contributed by atoms with Gasteiger partial charge in [0.1, 0.15) is 0 Å². The molecule has 2 heterocycles. The second kappa shape index (κ2) is 4.72. The van der Waals surface area contributed by atoms with Crippen molar-refractivity contribution < 1.29 is 4.74 Å². The Morgan fingerprint density at radius 1 is 1.29 bits per heavy atom. The number of benzene rings is 1. The van der Waals surface area contributed by atoms with E-state index in [9.17, 15) is 0 Å². The zero-order valence-corrected chi connectivity index (χ0v) is 9.73. The van der Waals surface area contributed by atoms with E-state index in [1.807, 2.05) is 24.4 Å². The lowest BCUT2D eigenvalue weighted by molar-refractivity contribution is 0.120. The summed E-state index contributed by atoms with van der Waals surface area (Å²) in [6.07, 6.45) is 4.54. The average Bonchev–Trinajstić information content (AvgIpc) is 2.89. The molecule has 3 heteroatoms. The third-order valence-corrected chi connectivity index (χ3v) is 3.19. The summed E-state index contributed by atoms with van der Waals surface area (Å²) in [6, 6.07) is 10.2. The molecule has 88 valence electrons. The highest BCUT2D eigenvalue weighted by atomic mass is 16.5. The first-order valence-electron chi connectivity index (χ1n) is 6.13. The van der Waals surface area contributed by atoms with Crippen molar-refractivity contribution in [2.75, 3.05) is 18.5 Å². The molecule has 2 aromatic rings. The lowest BCUT2D eigenvalue weighted by Crippen LogP contribution is -2.18. The lowest BCUT2D eigenvalue weighted by atomic mass is 10.1. The largest absolute Gasteiger partial charge is 0.382 e. The van der Waals surface area contributed by atoms with E-state index < -0.39 is 0 Å². The van der Waals surface area contributed by atoms with E-state index in [1.54, 1.807) is 0 Å². The standard InChI is InChI=1S/C14H16N2O/c1-6-13-12(5-2-8-15-13)14(7-1)16-10-11-4-3-9-17-11/h1-2,5-8,11,16H,3-4,9-10H2. The highest BCUT2D eigenvalue weighted by molar-refractivity contribution is 5.91. The van der Waals surface area contributed by atoms with Crippen LogP contribution in [0.5, 0.6) is 0 Å². The van der Waals surface area contributed by atoms with Gasteiger partial charge in [-0.3, -0.25) is 4.98 Å². The normalized spacial score (nSPS) is 19.6. The zero-order chi connectivity index (χ0) is 11.5. The molecule has 0 spiro atoms. The average molecular weight is 228 g/mol. The maximum Gasteiger partial charge on any atom is 0.0748 e. The van der Waals surface area contributed by atoms with Gasteiger partial charge in [0.05, 0.1) is 11.6 Å². The molecule has 0 amide bonds. The quantitative estimate of drug-likeness (QED) is 0.877. The number of nitrogens with one attached hydrogen (secondary N) is 1. The van der Waals surface area contributed by atoms with Crippen molar-refractivity contribution in [3.8, 4) is 0 Å². The Hall–Kier alpha value is -1.61. The van der Waals surface area contributed by atoms with Crippen LogP contribution in [0.25, 0.3) is 10.9 Å². The fourth-order valence-electron chi connectivity index (χ4n) is 2.29. The van der Waals surface area contributed by atoms with Crippen LogP contribution in [0.15, 0.2) is 36.5 Å². The molecule has 1 N–H and O–H groups in total. The third kappa shape index (κ3) is 2.24. The molecule has 1 aromatic carbocycles. The van der Waals surface area contributed by atoms with Crippen molar-refractivity contribution in [2.45, 2.75) is 18.9 Å². The highest BCUT2D eigenvalue weighted by Gasteiger charge is 2.15. The molecule has 1 aliphatic heterocycles. The van der Waals surface area contributed by atoms with E-state index >= 15 is 0 Å². The van der Waals surface area contributed by atoms with E-state index in [-0.39, 0.29) is 0 Å². The molecule has 1 saturated heterocycles. The Morgan fingerprint density at radius 3 is 3.18 bits per heavy atom. The summed E-state index contributed by atoms with van der Waals surface area (Å²) in [5.41, 5.74) is 2.18. The Bertz CT molecular complexity index is 501. The van der Waals surface area contributed by atoms with Crippen molar-refractivity contribution in [1.29, 1.82) is 0 Å². The van der Waals surface area contributed by atoms with E-state index in [0.29, 0.717) is 6.10 Å². The fourth-order valence-corrected chi connectivity index (χ4v) is 2.29. The van der Waals surface area contributed by atoms with Gasteiger partial charge in [-0.1, -0.05) is 6.07 Å². The van der Waals surface area contributed by atoms with Gasteiger partial charge in [-0.2, -0.15) is 0 Å². The molecule has 0 bridgehead atoms. The molecule has 1 unspecified atom stereocenters. The summed E-state index contributed by atoms with van der Waals surface area (Å²) < 4.78 is 5.61. The summed E-state index contributed by atoms with van der Waals surface area (Å²) >= 11 is 0. The molecule has 1 atom stereocenters. The third-order valence-electron chi connectivity index (χ3n) is 3.19. The van der Waals surface area contributed by atoms with Crippen molar-refractivity contribution in [3.05, 3.63) is 36.5 Å². The number of ether oxygens (including phenoxy) is 1. The minimum Gasteiger partial charge on any atom is -0.382 e. The number of hydrogen-bond donors (Lipinski definition) is 1. The molecule has 1 aromatic heterocycles. The van der Waals surface area contributed by atoms with Crippen LogP contribution in [0.1, 0.15) is 12.8 Å². The van der Waals surface area contributed by atoms with E-state index in [0.717, 1.165) is 30.8 Å². The molecule has 3 rings (SSSR count). The maximum atomic E-state index is 5.61. The van der Waals surface area contributed by atoms with Crippen LogP contribution >= 0.6 is 0 Å². The van der Waals surface area contributed by atoms with Gasteiger partial charge in [-0.05, 0) is 37.1 Å². The number of pyridine rings is 1.